The third-order valence-electron chi connectivity index (χ3n) is 19.6. The minimum Gasteiger partial charge on any atom is -0.394 e. The Morgan fingerprint density at radius 2 is 1.22 bits per heavy atom. The SMILES string of the molecule is C[C@H](CC[C@]1(O)O[C@H]2C[C@@]3(O)[C@@H]4CC=C5C[C@@H](O[C@@H]6O[C@H](CO)[C@@H](O[C@@H]7O[C@@H](C)[C@H](O)[C@@H](O)[C@H]7O)[C@H](O)[C@H]6O[C@@H]6O[C@@H](C)[C@H](O)[C@@H](O)[C@H]6O)CC[C@]5(C)[C@H]4CC[C@]3(C)[C@H]2[C@@H]1C)CO[C@@H]1O[C@H](CO)[C@@H](O)[C@H](O)[C@H]1O. The lowest BCUT2D eigenvalue weighted by Gasteiger charge is -2.61. The molecule has 5 heterocycles. The summed E-state index contributed by atoms with van der Waals surface area (Å²) in [7, 11) is 0. The van der Waals surface area contributed by atoms with Gasteiger partial charge in [-0.25, -0.2) is 0 Å². The zero-order chi connectivity index (χ0) is 53.7. The Kier molecular flexibility index (Phi) is 16.9. The second-order valence-corrected chi connectivity index (χ2v) is 24.0. The molecule has 0 bridgehead atoms. The number of hydrogen-bond acceptors (Lipinski definition) is 23. The Balaban J connectivity index is 0.860. The highest BCUT2D eigenvalue weighted by Gasteiger charge is 2.74. The molecule has 3 saturated carbocycles. The summed E-state index contributed by atoms with van der Waals surface area (Å²) < 4.78 is 54.4. The minimum absolute atomic E-state index is 0.101. The zero-order valence-electron chi connectivity index (χ0n) is 43.1. The van der Waals surface area contributed by atoms with Crippen LogP contribution >= 0.6 is 0 Å². The molecule has 9 rings (SSSR count). The van der Waals surface area contributed by atoms with Gasteiger partial charge in [-0.15, -0.1) is 0 Å². The minimum atomic E-state index is -1.77. The molecule has 23 nitrogen and oxygen atoms in total. The van der Waals surface area contributed by atoms with Gasteiger partial charge in [0.1, 0.15) is 85.5 Å². The summed E-state index contributed by atoms with van der Waals surface area (Å²) in [6.45, 7) is 10.1. The molecule has 0 aromatic heterocycles. The van der Waals surface area contributed by atoms with Crippen LogP contribution in [0, 0.1) is 40.4 Å². The lowest BCUT2D eigenvalue weighted by Crippen LogP contribution is -2.66. The Morgan fingerprint density at radius 3 is 1.84 bits per heavy atom. The third-order valence-corrected chi connectivity index (χ3v) is 19.6. The average molecular weight is 1070 g/mol. The molecular weight excluding hydrogens is 981 g/mol. The molecule has 74 heavy (non-hydrogen) atoms. The van der Waals surface area contributed by atoms with E-state index in [1.165, 1.54) is 13.8 Å². The second-order valence-electron chi connectivity index (χ2n) is 24.0. The van der Waals surface area contributed by atoms with E-state index in [-0.39, 0.29) is 47.7 Å². The van der Waals surface area contributed by atoms with Gasteiger partial charge in [-0.1, -0.05) is 39.3 Å². The van der Waals surface area contributed by atoms with Crippen molar-refractivity contribution in [2.45, 2.75) is 246 Å². The van der Waals surface area contributed by atoms with Gasteiger partial charge in [0.25, 0.3) is 0 Å². The predicted molar refractivity (Wildman–Crippen MR) is 250 cm³/mol. The molecule has 0 radical (unpaired) electrons. The van der Waals surface area contributed by atoms with Crippen molar-refractivity contribution < 1.29 is 114 Å². The summed E-state index contributed by atoms with van der Waals surface area (Å²) >= 11 is 0. The van der Waals surface area contributed by atoms with E-state index in [1.54, 1.807) is 0 Å². The maximum absolute atomic E-state index is 13.1. The Labute approximate surface area is 430 Å². The van der Waals surface area contributed by atoms with Crippen molar-refractivity contribution in [3.05, 3.63) is 11.6 Å². The quantitative estimate of drug-likeness (QED) is 0.0778. The van der Waals surface area contributed by atoms with Gasteiger partial charge in [-0.3, -0.25) is 0 Å². The van der Waals surface area contributed by atoms with Crippen molar-refractivity contribution in [3.8, 4) is 0 Å². The molecule has 9 aliphatic rings. The molecule has 0 aromatic carbocycles. The molecule has 5 saturated heterocycles. The lowest BCUT2D eigenvalue weighted by atomic mass is 9.45. The second kappa shape index (κ2) is 21.7. The van der Waals surface area contributed by atoms with Crippen molar-refractivity contribution in [3.63, 3.8) is 0 Å². The van der Waals surface area contributed by atoms with Crippen LogP contribution in [0.4, 0.5) is 0 Å². The highest BCUT2D eigenvalue weighted by atomic mass is 16.8. The van der Waals surface area contributed by atoms with Gasteiger partial charge < -0.3 is 114 Å². The first-order valence-corrected chi connectivity index (χ1v) is 26.9. The first-order valence-electron chi connectivity index (χ1n) is 26.9. The van der Waals surface area contributed by atoms with Crippen molar-refractivity contribution in [1.82, 2.24) is 0 Å². The van der Waals surface area contributed by atoms with E-state index in [2.05, 4.69) is 19.9 Å². The highest BCUT2D eigenvalue weighted by Crippen LogP contribution is 2.71. The fraction of sp³-hybridized carbons (Fsp3) is 0.961. The number of allylic oxidation sites excluding steroid dienone is 1. The number of aliphatic hydroxyl groups is 14. The van der Waals surface area contributed by atoms with Gasteiger partial charge in [0.15, 0.2) is 30.9 Å². The van der Waals surface area contributed by atoms with Crippen LogP contribution < -0.4 is 0 Å². The summed E-state index contributed by atoms with van der Waals surface area (Å²) in [5, 5.41) is 152. The number of fused-ring (bicyclic) bond motifs is 7. The van der Waals surface area contributed by atoms with E-state index < -0.39 is 159 Å². The van der Waals surface area contributed by atoms with Gasteiger partial charge in [0.05, 0.1) is 49.8 Å². The van der Waals surface area contributed by atoms with Crippen LogP contribution in [0.25, 0.3) is 0 Å². The fourth-order valence-corrected chi connectivity index (χ4v) is 14.9. The van der Waals surface area contributed by atoms with Crippen molar-refractivity contribution >= 4 is 0 Å². The van der Waals surface area contributed by atoms with Gasteiger partial charge >= 0.3 is 0 Å². The Hall–Kier alpha value is -1.18. The van der Waals surface area contributed by atoms with Gasteiger partial charge in [0, 0.05) is 30.1 Å². The van der Waals surface area contributed by atoms with Gasteiger partial charge in [-0.2, -0.15) is 0 Å². The number of hydrogen-bond donors (Lipinski definition) is 14. The molecule has 0 spiro atoms. The van der Waals surface area contributed by atoms with Crippen LogP contribution in [0.1, 0.15) is 99.3 Å². The molecule has 14 N–H and O–H groups in total. The zero-order valence-corrected chi connectivity index (χ0v) is 43.1. The summed E-state index contributed by atoms with van der Waals surface area (Å²) in [6.07, 6.45) is -23.1. The lowest BCUT2D eigenvalue weighted by molar-refractivity contribution is -0.388. The average Bonchev–Trinajstić information content (AvgIpc) is 3.76. The summed E-state index contributed by atoms with van der Waals surface area (Å²) in [5.74, 6) is -2.04. The first kappa shape index (κ1) is 57.5. The van der Waals surface area contributed by atoms with Crippen LogP contribution in [0.2, 0.25) is 0 Å². The Bertz CT molecular complexity index is 1950. The summed E-state index contributed by atoms with van der Waals surface area (Å²) in [5.41, 5.74) is -0.837. The summed E-state index contributed by atoms with van der Waals surface area (Å²) in [6, 6.07) is 0. The van der Waals surface area contributed by atoms with E-state index in [0.717, 1.165) is 12.0 Å². The van der Waals surface area contributed by atoms with Crippen LogP contribution in [0.3, 0.4) is 0 Å². The number of ether oxygens (including phenoxy) is 9. The van der Waals surface area contributed by atoms with E-state index in [9.17, 15) is 71.5 Å². The molecule has 8 fully saturated rings. The standard InChI is InChI=1S/C51H84O23/c1-20(19-66-44-38(60)37(59)34(56)29(17-52)70-44)9-14-51(65)21(2)31-28(74-51)16-50(64)27-8-7-24-15-25(10-12-48(24,5)26(27)11-13-49(31,50)6)69-47-43(73-46-40(62)36(58)33(55)23(4)68-46)41(63)42(30(18-53)71-47)72-45-39(61)35(57)32(54)22(3)67-45/h7,20-23,25-47,52-65H,8-19H2,1-6H3/t20-,21+,22+,23+,25+,26+,27-,28+,29-,30-,31+,32+,33+,34-,35-,36-,37+,38-,39-,40-,41+,42-,43-,44-,45+,46+,47-,48+,49-,50-,51+/m1/s1. The fourth-order valence-electron chi connectivity index (χ4n) is 14.9. The number of rotatable bonds is 14. The molecule has 5 aliphatic heterocycles. The van der Waals surface area contributed by atoms with Gasteiger partial charge in [0.2, 0.25) is 0 Å². The van der Waals surface area contributed by atoms with Crippen molar-refractivity contribution in [2.75, 3.05) is 19.8 Å². The molecular formula is C51H84O23. The van der Waals surface area contributed by atoms with E-state index in [1.807, 2.05) is 13.8 Å². The molecule has 0 aromatic rings. The van der Waals surface area contributed by atoms with Crippen molar-refractivity contribution in [1.29, 1.82) is 0 Å². The Morgan fingerprint density at radius 1 is 0.635 bits per heavy atom. The van der Waals surface area contributed by atoms with E-state index >= 15 is 0 Å². The summed E-state index contributed by atoms with van der Waals surface area (Å²) in [4.78, 5) is 0. The molecule has 4 aliphatic carbocycles. The highest BCUT2D eigenvalue weighted by molar-refractivity contribution is 5.29. The first-order chi connectivity index (χ1) is 34.8. The maximum Gasteiger partial charge on any atom is 0.187 e. The predicted octanol–water partition coefficient (Wildman–Crippen LogP) is -2.86. The molecule has 0 unspecified atom stereocenters. The van der Waals surface area contributed by atoms with Crippen LogP contribution in [0.15, 0.2) is 11.6 Å². The largest absolute Gasteiger partial charge is 0.394 e. The topological polar surface area (TPSA) is 366 Å². The van der Waals surface area contributed by atoms with Crippen LogP contribution in [0.5, 0.6) is 0 Å². The molecule has 0 amide bonds. The van der Waals surface area contributed by atoms with E-state index in [0.29, 0.717) is 51.4 Å². The number of aliphatic hydroxyl groups excluding tert-OH is 12. The smallest absolute Gasteiger partial charge is 0.187 e. The molecule has 426 valence electrons. The monoisotopic (exact) mass is 1060 g/mol. The van der Waals surface area contributed by atoms with E-state index in [4.69, 9.17) is 42.6 Å². The van der Waals surface area contributed by atoms with Gasteiger partial charge in [-0.05, 0) is 82.0 Å². The van der Waals surface area contributed by atoms with Crippen molar-refractivity contribution in [2.24, 2.45) is 40.4 Å². The van der Waals surface area contributed by atoms with Crippen LogP contribution in [-0.2, 0) is 42.6 Å². The molecule has 31 atom stereocenters. The molecule has 23 heteroatoms. The third kappa shape index (κ3) is 9.79. The maximum atomic E-state index is 13.1. The van der Waals surface area contributed by atoms with Crippen LogP contribution in [-0.4, -0.2) is 238 Å². The normalized spacial score (nSPS) is 55.9.